The van der Waals surface area contributed by atoms with E-state index in [1.54, 1.807) is 0 Å². The highest BCUT2D eigenvalue weighted by atomic mass is 32.1. The summed E-state index contributed by atoms with van der Waals surface area (Å²) in [4.78, 5) is 46.7. The van der Waals surface area contributed by atoms with Crippen LogP contribution < -0.4 is 10.2 Å². The summed E-state index contributed by atoms with van der Waals surface area (Å²) in [5, 5.41) is 4.99. The fourth-order valence-corrected chi connectivity index (χ4v) is 8.11. The summed E-state index contributed by atoms with van der Waals surface area (Å²) in [5.74, 6) is -1.03. The van der Waals surface area contributed by atoms with E-state index in [2.05, 4.69) is 30.1 Å². The Bertz CT molecular complexity index is 1750. The van der Waals surface area contributed by atoms with Gasteiger partial charge in [0.15, 0.2) is 11.6 Å². The summed E-state index contributed by atoms with van der Waals surface area (Å²) in [7, 11) is 0. The van der Waals surface area contributed by atoms with E-state index in [1.807, 2.05) is 97.2 Å². The maximum atomic E-state index is 14.9. The summed E-state index contributed by atoms with van der Waals surface area (Å²) < 4.78 is 0. The first-order valence-corrected chi connectivity index (χ1v) is 15.4. The minimum Gasteiger partial charge on any atom is -0.352 e. The van der Waals surface area contributed by atoms with Gasteiger partial charge < -0.3 is 10.2 Å². The summed E-state index contributed by atoms with van der Waals surface area (Å²) in [6, 6.07) is 25.6. The third-order valence-electron chi connectivity index (χ3n) is 9.08. The maximum Gasteiger partial charge on any atom is 0.238 e. The third kappa shape index (κ3) is 3.78. The van der Waals surface area contributed by atoms with Gasteiger partial charge in [0.25, 0.3) is 0 Å². The van der Waals surface area contributed by atoms with Gasteiger partial charge in [0.2, 0.25) is 5.91 Å². The van der Waals surface area contributed by atoms with Crippen LogP contribution in [0.3, 0.4) is 0 Å². The lowest BCUT2D eigenvalue weighted by Crippen LogP contribution is -2.51. The average molecular weight is 573 g/mol. The second-order valence-corrected chi connectivity index (χ2v) is 13.0. The number of nitrogens with zero attached hydrogens (tertiary/aromatic N) is 1. The Morgan fingerprint density at radius 3 is 2.40 bits per heavy atom. The number of rotatable bonds is 6. The second-order valence-electron chi connectivity index (χ2n) is 12.0. The molecule has 1 aromatic heterocycles. The van der Waals surface area contributed by atoms with E-state index < -0.39 is 23.4 Å². The van der Waals surface area contributed by atoms with Crippen molar-refractivity contribution in [3.8, 4) is 0 Å². The first-order chi connectivity index (χ1) is 20.3. The molecule has 42 heavy (non-hydrogen) atoms. The predicted octanol–water partition coefficient (Wildman–Crippen LogP) is 7.19. The van der Waals surface area contributed by atoms with Gasteiger partial charge in [-0.25, -0.2) is 0 Å². The fourth-order valence-electron chi connectivity index (χ4n) is 7.41. The molecule has 1 fully saturated rings. The van der Waals surface area contributed by atoms with E-state index in [9.17, 15) is 14.4 Å². The molecule has 210 valence electrons. The Morgan fingerprint density at radius 1 is 0.929 bits per heavy atom. The van der Waals surface area contributed by atoms with Gasteiger partial charge in [0.05, 0.1) is 16.8 Å². The number of fused-ring (bicyclic) bond motifs is 6. The molecule has 4 heterocycles. The Kier molecular flexibility index (Phi) is 6.28. The van der Waals surface area contributed by atoms with Crippen LogP contribution in [0.2, 0.25) is 0 Å². The zero-order valence-electron chi connectivity index (χ0n) is 23.8. The molecule has 0 radical (unpaired) electrons. The Balaban J connectivity index is 1.50. The smallest absolute Gasteiger partial charge is 0.238 e. The topological polar surface area (TPSA) is 66.5 Å². The van der Waals surface area contributed by atoms with Gasteiger partial charge in [0, 0.05) is 22.5 Å². The largest absolute Gasteiger partial charge is 0.352 e. The van der Waals surface area contributed by atoms with Gasteiger partial charge in [-0.3, -0.25) is 14.4 Å². The molecule has 4 aromatic rings. The van der Waals surface area contributed by atoms with E-state index >= 15 is 0 Å². The molecule has 4 atom stereocenters. The number of carbonyl (C=O) groups excluding carboxylic acids is 3. The van der Waals surface area contributed by atoms with Crippen LogP contribution in [0.1, 0.15) is 57.5 Å². The van der Waals surface area contributed by atoms with E-state index in [4.69, 9.17) is 0 Å². The molecule has 6 heteroatoms. The molecular formula is C36H32N2O3S. The molecule has 0 bridgehead atoms. The van der Waals surface area contributed by atoms with Crippen molar-refractivity contribution < 1.29 is 14.4 Å². The summed E-state index contributed by atoms with van der Waals surface area (Å²) >= 11 is 1.37. The van der Waals surface area contributed by atoms with Gasteiger partial charge in [0.1, 0.15) is 11.5 Å². The standard InChI is InChI=1S/C36H32N2O3S/c1-21(2)19-23-14-16-24(17-15-23)33(39)31-32(34(40)29-13-8-18-42-29)38-28-12-7-4-9-25(28)22(3)20-30(38)36(31)26-10-5-6-11-27(26)37-35(36)41/h4-18,20-21,30-32H,19H2,1-3H3,(H,37,41)/t30-,31-,32+,36+/m0/s1. The molecule has 0 aliphatic carbocycles. The van der Waals surface area contributed by atoms with Gasteiger partial charge in [-0.05, 0) is 59.5 Å². The van der Waals surface area contributed by atoms with Crippen molar-refractivity contribution in [2.24, 2.45) is 11.8 Å². The molecule has 3 aliphatic rings. The quantitative estimate of drug-likeness (QED) is 0.248. The molecule has 1 spiro atoms. The van der Waals surface area contributed by atoms with Gasteiger partial charge in [-0.1, -0.05) is 86.7 Å². The zero-order chi connectivity index (χ0) is 29.2. The first-order valence-electron chi connectivity index (χ1n) is 14.5. The summed E-state index contributed by atoms with van der Waals surface area (Å²) in [6.45, 7) is 6.38. The minimum atomic E-state index is -1.29. The molecule has 7 rings (SSSR count). The molecular weight excluding hydrogens is 540 g/mol. The van der Waals surface area contributed by atoms with Crippen LogP contribution in [0.4, 0.5) is 11.4 Å². The van der Waals surface area contributed by atoms with Crippen molar-refractivity contribution >= 4 is 45.8 Å². The fraction of sp³-hybridized carbons (Fsp3) is 0.250. The van der Waals surface area contributed by atoms with Crippen molar-refractivity contribution in [1.29, 1.82) is 0 Å². The zero-order valence-corrected chi connectivity index (χ0v) is 24.7. The van der Waals surface area contributed by atoms with Crippen molar-refractivity contribution in [1.82, 2.24) is 0 Å². The lowest BCUT2D eigenvalue weighted by Gasteiger charge is -2.39. The SMILES string of the molecule is CC1=C[C@@H]2N(c3ccccc31)[C@@H](C(=O)c1cccs1)[C@@H](C(=O)c1ccc(CC(C)C)cc1)[C@]21C(=O)Nc2ccccc21. The normalized spacial score (nSPS) is 23.8. The first kappa shape index (κ1) is 26.6. The number of thiophene rings is 1. The number of carbonyl (C=O) groups is 3. The number of hydrogen-bond acceptors (Lipinski definition) is 5. The van der Waals surface area contributed by atoms with Crippen LogP contribution in [0.5, 0.6) is 0 Å². The van der Waals surface area contributed by atoms with E-state index in [-0.39, 0.29) is 17.5 Å². The minimum absolute atomic E-state index is 0.137. The lowest BCUT2D eigenvalue weighted by atomic mass is 9.64. The van der Waals surface area contributed by atoms with E-state index in [0.29, 0.717) is 22.0 Å². The number of hydrogen-bond donors (Lipinski definition) is 1. The molecule has 3 aromatic carbocycles. The highest BCUT2D eigenvalue weighted by molar-refractivity contribution is 7.12. The second kappa shape index (κ2) is 9.92. The molecule has 0 saturated carbocycles. The van der Waals surface area contributed by atoms with Crippen LogP contribution in [0.15, 0.2) is 96.4 Å². The van der Waals surface area contributed by atoms with E-state index in [0.717, 1.165) is 34.4 Å². The highest BCUT2D eigenvalue weighted by Gasteiger charge is 2.70. The maximum absolute atomic E-state index is 14.9. The monoisotopic (exact) mass is 572 g/mol. The summed E-state index contributed by atoms with van der Waals surface area (Å²) in [6.07, 6.45) is 3.01. The van der Waals surface area contributed by atoms with Crippen molar-refractivity contribution in [3.05, 3.63) is 124 Å². The lowest BCUT2D eigenvalue weighted by molar-refractivity contribution is -0.121. The van der Waals surface area contributed by atoms with Gasteiger partial charge in [-0.2, -0.15) is 0 Å². The van der Waals surface area contributed by atoms with Crippen molar-refractivity contribution in [3.63, 3.8) is 0 Å². The van der Waals surface area contributed by atoms with E-state index in [1.165, 1.54) is 11.3 Å². The molecule has 3 aliphatic heterocycles. The number of Topliss-reactive ketones (excluding diaryl/α,β-unsaturated/α-hetero) is 2. The average Bonchev–Trinajstić information content (AvgIpc) is 3.70. The van der Waals surface area contributed by atoms with Gasteiger partial charge in [-0.15, -0.1) is 11.3 Å². The number of benzene rings is 3. The molecule has 1 saturated heterocycles. The molecule has 1 amide bonds. The Labute approximate surface area is 249 Å². The number of allylic oxidation sites excluding steroid dienone is 1. The number of anilines is 2. The van der Waals surface area contributed by atoms with Crippen molar-refractivity contribution in [2.45, 2.75) is 44.7 Å². The number of nitrogens with one attached hydrogen (secondary N) is 1. The number of para-hydroxylation sites is 2. The molecule has 1 N–H and O–H groups in total. The third-order valence-corrected chi connectivity index (χ3v) is 9.97. The predicted molar refractivity (Wildman–Crippen MR) is 168 cm³/mol. The molecule has 0 unspecified atom stereocenters. The van der Waals surface area contributed by atoms with Crippen LogP contribution in [-0.4, -0.2) is 29.6 Å². The highest BCUT2D eigenvalue weighted by Crippen LogP contribution is 2.58. The van der Waals surface area contributed by atoms with Crippen LogP contribution in [0, 0.1) is 11.8 Å². The number of ketones is 2. The number of amides is 1. The van der Waals surface area contributed by atoms with Gasteiger partial charge >= 0.3 is 0 Å². The Hall–Kier alpha value is -4.29. The molecule has 5 nitrogen and oxygen atoms in total. The van der Waals surface area contributed by atoms with Crippen LogP contribution >= 0.6 is 11.3 Å². The van der Waals surface area contributed by atoms with Crippen molar-refractivity contribution in [2.75, 3.05) is 10.2 Å². The van der Waals surface area contributed by atoms with Crippen LogP contribution in [0.25, 0.3) is 5.57 Å². The Morgan fingerprint density at radius 2 is 1.67 bits per heavy atom. The summed E-state index contributed by atoms with van der Waals surface area (Å²) in [5.41, 5.74) is 4.74. The van der Waals surface area contributed by atoms with Crippen LogP contribution in [-0.2, 0) is 16.6 Å².